The van der Waals surface area contributed by atoms with E-state index in [1.807, 2.05) is 27.7 Å². The third-order valence-corrected chi connectivity index (χ3v) is 4.47. The van der Waals surface area contributed by atoms with Crippen molar-refractivity contribution in [3.8, 4) is 0 Å². The first-order valence-electron chi connectivity index (χ1n) is 6.68. The topological polar surface area (TPSA) is 69.0 Å². The van der Waals surface area contributed by atoms with E-state index in [0.717, 1.165) is 0 Å². The van der Waals surface area contributed by atoms with Crippen molar-refractivity contribution in [2.24, 2.45) is 0 Å². The molecule has 5 nitrogen and oxygen atoms in total. The number of nitrogens with one attached hydrogen (secondary N) is 1. The Morgan fingerprint density at radius 2 is 1.74 bits per heavy atom. The Balaban J connectivity index is 2.70. The number of piperidine rings is 1. The first-order chi connectivity index (χ1) is 8.50. The number of quaternary nitrogens is 1. The summed E-state index contributed by atoms with van der Waals surface area (Å²) in [6.07, 6.45) is 0.727. The Morgan fingerprint density at radius 1 is 1.26 bits per heavy atom. The molecule has 0 amide bonds. The van der Waals surface area contributed by atoms with Crippen LogP contribution in [0.4, 0.5) is 4.20 Å². The molecule has 0 aliphatic carbocycles. The third-order valence-electron chi connectivity index (χ3n) is 3.43. The van der Waals surface area contributed by atoms with Gasteiger partial charge in [0.05, 0.1) is 17.7 Å². The highest BCUT2D eigenvalue weighted by molar-refractivity contribution is 7.53. The fraction of sp³-hybridized carbons (Fsp3) is 1.00. The van der Waals surface area contributed by atoms with Gasteiger partial charge in [-0.25, -0.2) is 0 Å². The van der Waals surface area contributed by atoms with E-state index in [4.69, 9.17) is 4.52 Å². The van der Waals surface area contributed by atoms with Crippen molar-refractivity contribution in [3.63, 3.8) is 0 Å². The van der Waals surface area contributed by atoms with Crippen LogP contribution in [0.25, 0.3) is 0 Å². The van der Waals surface area contributed by atoms with Crippen LogP contribution in [0.3, 0.4) is 0 Å². The third kappa shape index (κ3) is 4.59. The Kier molecular flexibility index (Phi) is 5.33. The summed E-state index contributed by atoms with van der Waals surface area (Å²) < 4.78 is 23.3. The molecule has 0 bridgehead atoms. The van der Waals surface area contributed by atoms with Gasteiger partial charge in [0.2, 0.25) is 0 Å². The summed E-state index contributed by atoms with van der Waals surface area (Å²) in [5.74, 6) is 0. The Morgan fingerprint density at radius 3 is 2.16 bits per heavy atom. The summed E-state index contributed by atoms with van der Waals surface area (Å²) in [4.78, 5) is 11.5. The smallest absolute Gasteiger partial charge is 0.439 e. The first-order valence-corrected chi connectivity index (χ1v) is 8.11. The van der Waals surface area contributed by atoms with Crippen LogP contribution in [-0.2, 0) is 9.05 Å². The lowest BCUT2D eigenvalue weighted by molar-refractivity contribution is -0.956. The minimum Gasteiger partial charge on any atom is -0.634 e. The van der Waals surface area contributed by atoms with Crippen LogP contribution in [0.2, 0.25) is 0 Å². The van der Waals surface area contributed by atoms with Gasteiger partial charge in [0.1, 0.15) is 6.10 Å². The van der Waals surface area contributed by atoms with Gasteiger partial charge in [0.25, 0.3) is 0 Å². The number of rotatable bonds is 5. The molecule has 0 saturated carbocycles. The van der Waals surface area contributed by atoms with Gasteiger partial charge in [-0.05, 0) is 34.1 Å². The summed E-state index contributed by atoms with van der Waals surface area (Å²) >= 11 is 0. The minimum atomic E-state index is -4.52. The molecule has 0 aromatic rings. The largest absolute Gasteiger partial charge is 0.634 e. The highest BCUT2D eigenvalue weighted by atomic mass is 31.3. The van der Waals surface area contributed by atoms with E-state index < -0.39 is 25.4 Å². The molecular weight excluding hydrogens is 272 g/mol. The van der Waals surface area contributed by atoms with E-state index in [1.54, 1.807) is 6.92 Å². The van der Waals surface area contributed by atoms with Crippen molar-refractivity contribution in [1.82, 2.24) is 0 Å². The number of hydroxylamine groups is 2. The van der Waals surface area contributed by atoms with Crippen LogP contribution in [0.5, 0.6) is 0 Å². The molecule has 1 unspecified atom stereocenters. The summed E-state index contributed by atoms with van der Waals surface area (Å²) in [6.45, 7) is 9.09. The molecule has 0 aromatic carbocycles. The number of hydrogen-bond acceptors (Lipinski definition) is 4. The number of hydrogen-bond donors (Lipinski definition) is 1. The molecule has 1 aliphatic heterocycles. The summed E-state index contributed by atoms with van der Waals surface area (Å²) in [7, 11) is -4.52. The van der Waals surface area contributed by atoms with Gasteiger partial charge >= 0.3 is 8.25 Å². The van der Waals surface area contributed by atoms with E-state index in [-0.39, 0.29) is 11.7 Å². The Labute approximate surface area is 115 Å². The maximum Gasteiger partial charge on any atom is 0.439 e. The molecule has 0 spiro atoms. The molecule has 1 rings (SSSR count). The van der Waals surface area contributed by atoms with Crippen molar-refractivity contribution in [1.29, 1.82) is 0 Å². The van der Waals surface area contributed by atoms with Crippen molar-refractivity contribution in [2.45, 2.75) is 71.1 Å². The van der Waals surface area contributed by atoms with Gasteiger partial charge in [0.15, 0.2) is 0 Å². The first kappa shape index (κ1) is 17.2. The van der Waals surface area contributed by atoms with Gasteiger partial charge in [-0.3, -0.25) is 0 Å². The standard InChI is InChI=1S/C12H25FNO4P/c1-6-7-17-19(13,16)18-10-8-11(2,3)14(15)12(4,5)9-10/h10,14H,6-9H2,1-5H3. The molecule has 1 aliphatic rings. The highest BCUT2D eigenvalue weighted by Crippen LogP contribution is 2.56. The van der Waals surface area contributed by atoms with Gasteiger partial charge in [-0.2, -0.15) is 9.05 Å². The molecule has 0 aromatic heterocycles. The number of halogens is 1. The zero-order chi connectivity index (χ0) is 14.9. The molecule has 1 N–H and O–H groups in total. The predicted octanol–water partition coefficient (Wildman–Crippen LogP) is 1.54. The maximum atomic E-state index is 13.7. The van der Waals surface area contributed by atoms with Crippen LogP contribution in [-0.4, -0.2) is 23.8 Å². The van der Waals surface area contributed by atoms with Gasteiger partial charge in [-0.1, -0.05) is 6.92 Å². The normalized spacial score (nSPS) is 32.8. The van der Waals surface area contributed by atoms with Crippen molar-refractivity contribution < 1.29 is 23.2 Å². The van der Waals surface area contributed by atoms with Crippen molar-refractivity contribution >= 4 is 8.25 Å². The quantitative estimate of drug-likeness (QED) is 0.617. The molecule has 1 fully saturated rings. The second-order valence-corrected chi connectivity index (χ2v) is 7.83. The predicted molar refractivity (Wildman–Crippen MR) is 70.9 cm³/mol. The van der Waals surface area contributed by atoms with Crippen molar-refractivity contribution in [2.75, 3.05) is 6.61 Å². The average Bonchev–Trinajstić information content (AvgIpc) is 2.21. The van der Waals surface area contributed by atoms with E-state index in [1.165, 1.54) is 0 Å². The molecule has 114 valence electrons. The Bertz CT molecular complexity index is 294. The molecular formula is C12H25FNO4P. The van der Waals surface area contributed by atoms with Crippen LogP contribution < -0.4 is 9.96 Å². The van der Waals surface area contributed by atoms with Gasteiger partial charge in [-0.15, -0.1) is 0 Å². The molecule has 1 heterocycles. The molecule has 19 heavy (non-hydrogen) atoms. The van der Waals surface area contributed by atoms with Gasteiger partial charge in [0, 0.05) is 17.0 Å². The molecule has 1 atom stereocenters. The fourth-order valence-corrected chi connectivity index (χ4v) is 3.76. The monoisotopic (exact) mass is 297 g/mol. The van der Waals surface area contributed by atoms with E-state index >= 15 is 0 Å². The fourth-order valence-electron chi connectivity index (χ4n) is 2.80. The summed E-state index contributed by atoms with van der Waals surface area (Å²) in [6, 6.07) is 0. The SMILES string of the molecule is CCCO[P+]([O-])(F)OC1CC(C)(C)[NH+]([O-])C(C)(C)C1. The highest BCUT2D eigenvalue weighted by Gasteiger charge is 2.49. The second-order valence-electron chi connectivity index (χ2n) is 6.50. The van der Waals surface area contributed by atoms with Crippen LogP contribution >= 0.6 is 8.25 Å². The lowest BCUT2D eigenvalue weighted by Crippen LogP contribution is -3.23. The van der Waals surface area contributed by atoms with E-state index in [0.29, 0.717) is 19.3 Å². The lowest BCUT2D eigenvalue weighted by atomic mass is 9.80. The van der Waals surface area contributed by atoms with Gasteiger partial charge < -0.3 is 15.2 Å². The maximum absolute atomic E-state index is 13.7. The Hall–Kier alpha value is 0.160. The molecule has 0 radical (unpaired) electrons. The zero-order valence-electron chi connectivity index (χ0n) is 12.4. The van der Waals surface area contributed by atoms with E-state index in [2.05, 4.69) is 4.52 Å². The van der Waals surface area contributed by atoms with Crippen molar-refractivity contribution in [3.05, 3.63) is 5.21 Å². The zero-order valence-corrected chi connectivity index (χ0v) is 13.3. The minimum absolute atomic E-state index is 0.0617. The van der Waals surface area contributed by atoms with E-state index in [9.17, 15) is 14.3 Å². The average molecular weight is 297 g/mol. The lowest BCUT2D eigenvalue weighted by Gasteiger charge is -2.53. The van der Waals surface area contributed by atoms with Crippen LogP contribution in [0.1, 0.15) is 53.9 Å². The van der Waals surface area contributed by atoms with Crippen LogP contribution in [0, 0.1) is 5.21 Å². The summed E-state index contributed by atoms with van der Waals surface area (Å²) in [5.41, 5.74) is -1.20. The molecule has 1 saturated heterocycles. The molecule has 7 heteroatoms. The summed E-state index contributed by atoms with van der Waals surface area (Å²) in [5, 5.41) is 12.3. The van der Waals surface area contributed by atoms with Crippen LogP contribution in [0.15, 0.2) is 0 Å². The second kappa shape index (κ2) is 5.88.